The van der Waals surface area contributed by atoms with Crippen molar-refractivity contribution in [2.45, 2.75) is 17.0 Å². The van der Waals surface area contributed by atoms with E-state index >= 15 is 0 Å². The van der Waals surface area contributed by atoms with Gasteiger partial charge in [0.15, 0.2) is 5.16 Å². The monoisotopic (exact) mass is 236 g/mol. The second-order valence-corrected chi connectivity index (χ2v) is 4.13. The van der Waals surface area contributed by atoms with Gasteiger partial charge in [0.2, 0.25) is 0 Å². The minimum atomic E-state index is 0.621. The Balaban J connectivity index is 2.20. The number of ether oxygens (including phenoxy) is 1. The fraction of sp³-hybridized carbons (Fsp3) is 0.200. The molecule has 0 radical (unpaired) electrons. The zero-order valence-corrected chi connectivity index (χ0v) is 9.62. The number of rotatable bonds is 4. The highest BCUT2D eigenvalue weighted by molar-refractivity contribution is 7.99. The maximum absolute atomic E-state index is 5.78. The first-order chi connectivity index (χ1) is 7.78. The molecule has 0 unspecified atom stereocenters. The van der Waals surface area contributed by atoms with Gasteiger partial charge in [0.25, 0.3) is 0 Å². The number of benzene rings is 1. The average molecular weight is 236 g/mol. The fourth-order valence-corrected chi connectivity index (χ4v) is 2.05. The molecule has 1 aromatic heterocycles. The smallest absolute Gasteiger partial charge is 0.188 e. The Morgan fingerprint density at radius 2 is 2.31 bits per heavy atom. The maximum atomic E-state index is 5.78. The van der Waals surface area contributed by atoms with Crippen LogP contribution in [0.15, 0.2) is 34.6 Å². The van der Waals surface area contributed by atoms with Crippen molar-refractivity contribution in [2.75, 3.05) is 12.3 Å². The Labute approximate surface area is 97.4 Å². The van der Waals surface area contributed by atoms with Gasteiger partial charge in [-0.25, -0.2) is 4.98 Å². The molecule has 5 nitrogen and oxygen atoms in total. The molecule has 0 fully saturated rings. The van der Waals surface area contributed by atoms with Gasteiger partial charge in [0.05, 0.1) is 6.61 Å². The van der Waals surface area contributed by atoms with Gasteiger partial charge in [-0.05, 0) is 19.1 Å². The van der Waals surface area contributed by atoms with Crippen molar-refractivity contribution in [1.29, 1.82) is 0 Å². The molecule has 0 bridgehead atoms. The number of H-pyrrole nitrogens is 1. The zero-order valence-electron chi connectivity index (χ0n) is 8.80. The molecule has 84 valence electrons. The summed E-state index contributed by atoms with van der Waals surface area (Å²) in [6.07, 6.45) is 1.47. The Kier molecular flexibility index (Phi) is 3.31. The third kappa shape index (κ3) is 2.66. The Hall–Kier alpha value is -1.69. The van der Waals surface area contributed by atoms with Crippen LogP contribution in [0.1, 0.15) is 6.92 Å². The van der Waals surface area contributed by atoms with Gasteiger partial charge in [0.1, 0.15) is 12.1 Å². The molecule has 6 heteroatoms. The summed E-state index contributed by atoms with van der Waals surface area (Å²) in [5, 5.41) is 7.29. The summed E-state index contributed by atoms with van der Waals surface area (Å²) in [6.45, 7) is 2.56. The molecule has 2 aromatic rings. The van der Waals surface area contributed by atoms with Gasteiger partial charge in [-0.3, -0.25) is 5.10 Å². The van der Waals surface area contributed by atoms with E-state index in [4.69, 9.17) is 10.5 Å². The minimum absolute atomic E-state index is 0.621. The predicted molar refractivity (Wildman–Crippen MR) is 62.5 cm³/mol. The predicted octanol–water partition coefficient (Wildman–Crippen LogP) is 1.94. The molecule has 0 saturated carbocycles. The summed E-state index contributed by atoms with van der Waals surface area (Å²) >= 11 is 1.46. The van der Waals surface area contributed by atoms with Crippen molar-refractivity contribution in [3.05, 3.63) is 24.5 Å². The topological polar surface area (TPSA) is 76.8 Å². The summed E-state index contributed by atoms with van der Waals surface area (Å²) in [7, 11) is 0. The Morgan fingerprint density at radius 1 is 1.44 bits per heavy atom. The molecule has 0 spiro atoms. The second-order valence-electron chi connectivity index (χ2n) is 3.06. The Bertz CT molecular complexity index is 458. The highest BCUT2D eigenvalue weighted by Crippen LogP contribution is 2.29. The summed E-state index contributed by atoms with van der Waals surface area (Å²) in [6, 6.07) is 5.59. The third-order valence-corrected chi connectivity index (χ3v) is 2.68. The molecular weight excluding hydrogens is 224 g/mol. The number of hydrogen-bond donors (Lipinski definition) is 2. The van der Waals surface area contributed by atoms with E-state index in [1.807, 2.05) is 19.1 Å². The minimum Gasteiger partial charge on any atom is -0.494 e. The van der Waals surface area contributed by atoms with Crippen LogP contribution in [-0.2, 0) is 0 Å². The molecule has 0 aliphatic carbocycles. The lowest BCUT2D eigenvalue weighted by molar-refractivity contribution is 0.339. The van der Waals surface area contributed by atoms with Crippen LogP contribution in [0.5, 0.6) is 5.75 Å². The van der Waals surface area contributed by atoms with Crippen LogP contribution in [0, 0.1) is 0 Å². The van der Waals surface area contributed by atoms with Crippen LogP contribution in [-0.4, -0.2) is 21.8 Å². The quantitative estimate of drug-likeness (QED) is 0.793. The van der Waals surface area contributed by atoms with Crippen LogP contribution in [0.25, 0.3) is 0 Å². The number of nitrogens with one attached hydrogen (secondary N) is 1. The van der Waals surface area contributed by atoms with Gasteiger partial charge < -0.3 is 10.5 Å². The molecule has 1 heterocycles. The SMILES string of the molecule is CCOc1cc(N)cc(Sc2ncn[nH]2)c1. The lowest BCUT2D eigenvalue weighted by atomic mass is 10.3. The van der Waals surface area contributed by atoms with Gasteiger partial charge in [-0.15, -0.1) is 0 Å². The van der Waals surface area contributed by atoms with Gasteiger partial charge >= 0.3 is 0 Å². The molecule has 0 aliphatic heterocycles. The molecule has 16 heavy (non-hydrogen) atoms. The summed E-state index contributed by atoms with van der Waals surface area (Å²) in [5.41, 5.74) is 6.45. The lowest BCUT2D eigenvalue weighted by Gasteiger charge is -2.06. The zero-order chi connectivity index (χ0) is 11.4. The van der Waals surface area contributed by atoms with Crippen molar-refractivity contribution in [3.8, 4) is 5.75 Å². The van der Waals surface area contributed by atoms with E-state index in [0.29, 0.717) is 12.3 Å². The van der Waals surface area contributed by atoms with Crippen molar-refractivity contribution in [1.82, 2.24) is 15.2 Å². The van der Waals surface area contributed by atoms with Crippen molar-refractivity contribution >= 4 is 17.4 Å². The first kappa shape index (κ1) is 10.8. The van der Waals surface area contributed by atoms with E-state index in [2.05, 4.69) is 15.2 Å². The number of nitrogens with zero attached hydrogens (tertiary/aromatic N) is 2. The van der Waals surface area contributed by atoms with Crippen LogP contribution < -0.4 is 10.5 Å². The standard InChI is InChI=1S/C10H12N4OS/c1-2-15-8-3-7(11)4-9(5-8)16-10-12-6-13-14-10/h3-6H,2,11H2,1H3,(H,12,13,14). The first-order valence-corrected chi connectivity index (χ1v) is 5.66. The third-order valence-electron chi connectivity index (χ3n) is 1.82. The van der Waals surface area contributed by atoms with Crippen LogP contribution in [0.4, 0.5) is 5.69 Å². The number of aromatic nitrogens is 3. The second kappa shape index (κ2) is 4.89. The normalized spacial score (nSPS) is 10.3. The van der Waals surface area contributed by atoms with Crippen molar-refractivity contribution < 1.29 is 4.74 Å². The molecule has 3 N–H and O–H groups in total. The van der Waals surface area contributed by atoms with E-state index in [1.165, 1.54) is 18.1 Å². The molecule has 1 aromatic carbocycles. The molecule has 0 amide bonds. The van der Waals surface area contributed by atoms with E-state index in [1.54, 1.807) is 6.07 Å². The number of anilines is 1. The number of aromatic amines is 1. The number of nitrogen functional groups attached to an aromatic ring is 1. The summed E-state index contributed by atoms with van der Waals surface area (Å²) < 4.78 is 5.41. The maximum Gasteiger partial charge on any atom is 0.188 e. The van der Waals surface area contributed by atoms with Crippen molar-refractivity contribution in [3.63, 3.8) is 0 Å². The Morgan fingerprint density at radius 3 is 3.00 bits per heavy atom. The van der Waals surface area contributed by atoms with E-state index in [0.717, 1.165) is 15.8 Å². The largest absolute Gasteiger partial charge is 0.494 e. The van der Waals surface area contributed by atoms with Crippen LogP contribution >= 0.6 is 11.8 Å². The molecule has 0 saturated heterocycles. The molecular formula is C10H12N4OS. The first-order valence-electron chi connectivity index (χ1n) is 4.84. The van der Waals surface area contributed by atoms with Gasteiger partial charge in [-0.1, -0.05) is 11.8 Å². The average Bonchev–Trinajstić information content (AvgIpc) is 2.70. The lowest BCUT2D eigenvalue weighted by Crippen LogP contribution is -1.93. The van der Waals surface area contributed by atoms with Crippen LogP contribution in [0.2, 0.25) is 0 Å². The van der Waals surface area contributed by atoms with E-state index < -0.39 is 0 Å². The summed E-state index contributed by atoms with van der Waals surface area (Å²) in [4.78, 5) is 5.00. The molecule has 0 atom stereocenters. The van der Waals surface area contributed by atoms with Crippen LogP contribution in [0.3, 0.4) is 0 Å². The number of nitrogens with two attached hydrogens (primary N) is 1. The van der Waals surface area contributed by atoms with Crippen molar-refractivity contribution in [2.24, 2.45) is 0 Å². The molecule has 2 rings (SSSR count). The van der Waals surface area contributed by atoms with E-state index in [9.17, 15) is 0 Å². The highest BCUT2D eigenvalue weighted by atomic mass is 32.2. The highest BCUT2D eigenvalue weighted by Gasteiger charge is 2.03. The van der Waals surface area contributed by atoms with E-state index in [-0.39, 0.29) is 0 Å². The number of hydrogen-bond acceptors (Lipinski definition) is 5. The summed E-state index contributed by atoms with van der Waals surface area (Å²) in [5.74, 6) is 0.768. The fourth-order valence-electron chi connectivity index (χ4n) is 1.26. The van der Waals surface area contributed by atoms with Gasteiger partial charge in [0, 0.05) is 16.6 Å². The molecule has 0 aliphatic rings. The van der Waals surface area contributed by atoms with Gasteiger partial charge in [-0.2, -0.15) is 5.10 Å².